The van der Waals surface area contributed by atoms with Gasteiger partial charge in [0.1, 0.15) is 0 Å². The maximum Gasteiger partial charge on any atom is 0.302 e. The molecule has 0 bridgehead atoms. The molecule has 1 aromatic carbocycles. The number of hydrogen-bond donors (Lipinski definition) is 0. The Morgan fingerprint density at radius 2 is 2.13 bits per heavy atom. The highest BCUT2D eigenvalue weighted by Crippen LogP contribution is 2.28. The molecular formula is C10H4Cl2N2O. The number of aromatic nitrogens is 2. The molecule has 5 heteroatoms. The lowest BCUT2D eigenvalue weighted by molar-refractivity contribution is 0.409. The van der Waals surface area contributed by atoms with Crippen LogP contribution in [-0.2, 0) is 0 Å². The van der Waals surface area contributed by atoms with Gasteiger partial charge in [-0.2, -0.15) is 4.98 Å². The summed E-state index contributed by atoms with van der Waals surface area (Å²) < 4.78 is 4.76. The number of benzene rings is 1. The molecule has 0 aliphatic heterocycles. The van der Waals surface area contributed by atoms with Crippen molar-refractivity contribution < 1.29 is 4.52 Å². The highest BCUT2D eigenvalue weighted by Gasteiger charge is 2.10. The van der Waals surface area contributed by atoms with Gasteiger partial charge in [-0.25, -0.2) is 0 Å². The molecule has 0 radical (unpaired) electrons. The summed E-state index contributed by atoms with van der Waals surface area (Å²) in [5.74, 6) is 2.71. The Bertz CT molecular complexity index is 543. The van der Waals surface area contributed by atoms with Gasteiger partial charge < -0.3 is 4.52 Å². The van der Waals surface area contributed by atoms with Crippen molar-refractivity contribution in [3.05, 3.63) is 34.1 Å². The van der Waals surface area contributed by atoms with Crippen molar-refractivity contribution in [2.24, 2.45) is 0 Å². The van der Waals surface area contributed by atoms with E-state index in [0.717, 1.165) is 0 Å². The minimum atomic E-state index is 0.121. The van der Waals surface area contributed by atoms with Gasteiger partial charge in [0.2, 0.25) is 5.82 Å². The van der Waals surface area contributed by atoms with Crippen molar-refractivity contribution in [2.45, 2.75) is 0 Å². The highest BCUT2D eigenvalue weighted by molar-refractivity contribution is 6.36. The van der Waals surface area contributed by atoms with E-state index in [4.69, 9.17) is 34.1 Å². The quantitative estimate of drug-likeness (QED) is 0.718. The molecule has 0 aliphatic carbocycles. The van der Waals surface area contributed by atoms with Gasteiger partial charge in [-0.05, 0) is 24.1 Å². The van der Waals surface area contributed by atoms with Gasteiger partial charge in [0.25, 0.3) is 0 Å². The van der Waals surface area contributed by atoms with Crippen LogP contribution in [0.1, 0.15) is 5.89 Å². The number of nitrogens with zero attached hydrogens (tertiary/aromatic N) is 2. The monoisotopic (exact) mass is 238 g/mol. The Hall–Kier alpha value is -1.50. The second kappa shape index (κ2) is 3.93. The van der Waals surface area contributed by atoms with E-state index in [1.807, 2.05) is 0 Å². The van der Waals surface area contributed by atoms with Crippen LogP contribution >= 0.6 is 23.2 Å². The van der Waals surface area contributed by atoms with Crippen LogP contribution in [0.5, 0.6) is 0 Å². The van der Waals surface area contributed by atoms with Gasteiger partial charge in [-0.15, -0.1) is 6.42 Å². The van der Waals surface area contributed by atoms with Crippen LogP contribution in [0, 0.1) is 12.3 Å². The molecular weight excluding hydrogens is 235 g/mol. The van der Waals surface area contributed by atoms with Crippen LogP contribution in [0.25, 0.3) is 11.4 Å². The molecule has 0 aliphatic rings. The second-order valence-corrected chi connectivity index (χ2v) is 3.54. The molecule has 2 rings (SSSR count). The third kappa shape index (κ3) is 1.96. The van der Waals surface area contributed by atoms with E-state index in [1.165, 1.54) is 0 Å². The highest BCUT2D eigenvalue weighted by atomic mass is 35.5. The maximum absolute atomic E-state index is 5.96. The Morgan fingerprint density at radius 3 is 2.73 bits per heavy atom. The summed E-state index contributed by atoms with van der Waals surface area (Å²) in [6.07, 6.45) is 5.10. The smallest absolute Gasteiger partial charge is 0.302 e. The van der Waals surface area contributed by atoms with Gasteiger partial charge in [0, 0.05) is 10.6 Å². The lowest BCUT2D eigenvalue weighted by Crippen LogP contribution is -1.82. The molecule has 3 nitrogen and oxygen atoms in total. The summed E-state index contributed by atoms with van der Waals surface area (Å²) in [5, 5.41) is 4.69. The van der Waals surface area contributed by atoms with E-state index in [9.17, 15) is 0 Å². The number of rotatable bonds is 1. The number of terminal acetylenes is 1. The molecule has 0 saturated heterocycles. The minimum Gasteiger partial charge on any atom is -0.325 e. The van der Waals surface area contributed by atoms with E-state index in [1.54, 1.807) is 18.2 Å². The molecule has 0 unspecified atom stereocenters. The summed E-state index contributed by atoms with van der Waals surface area (Å²) in [5.41, 5.74) is 0.631. The van der Waals surface area contributed by atoms with Gasteiger partial charge in [-0.1, -0.05) is 28.4 Å². The van der Waals surface area contributed by atoms with Crippen molar-refractivity contribution in [3.8, 4) is 23.7 Å². The summed E-state index contributed by atoms with van der Waals surface area (Å²) in [7, 11) is 0. The summed E-state index contributed by atoms with van der Waals surface area (Å²) >= 11 is 11.7. The molecule has 1 aromatic heterocycles. The summed E-state index contributed by atoms with van der Waals surface area (Å²) in [4.78, 5) is 3.95. The zero-order chi connectivity index (χ0) is 10.8. The van der Waals surface area contributed by atoms with Gasteiger partial charge in [-0.3, -0.25) is 0 Å². The van der Waals surface area contributed by atoms with Crippen molar-refractivity contribution in [1.29, 1.82) is 0 Å². The third-order valence-corrected chi connectivity index (χ3v) is 2.27. The van der Waals surface area contributed by atoms with Crippen molar-refractivity contribution in [2.75, 3.05) is 0 Å². The Balaban J connectivity index is 2.50. The first-order chi connectivity index (χ1) is 7.20. The SMILES string of the molecule is C#Cc1nc(-c2ccc(Cl)cc2Cl)no1. The van der Waals surface area contributed by atoms with E-state index in [0.29, 0.717) is 21.4 Å². The van der Waals surface area contributed by atoms with Crippen LogP contribution in [0.2, 0.25) is 10.0 Å². The van der Waals surface area contributed by atoms with Crippen LogP contribution in [0.4, 0.5) is 0 Å². The predicted octanol–water partition coefficient (Wildman–Crippen LogP) is 3.02. The molecule has 0 atom stereocenters. The Kier molecular flexibility index (Phi) is 2.63. The molecule has 74 valence electrons. The van der Waals surface area contributed by atoms with E-state index in [-0.39, 0.29) is 5.89 Å². The molecule has 0 N–H and O–H groups in total. The topological polar surface area (TPSA) is 38.9 Å². The molecule has 0 amide bonds. The molecule has 1 heterocycles. The second-order valence-electron chi connectivity index (χ2n) is 2.69. The minimum absolute atomic E-state index is 0.121. The molecule has 0 saturated carbocycles. The summed E-state index contributed by atoms with van der Waals surface area (Å²) in [6, 6.07) is 4.99. The Labute approximate surface area is 96.0 Å². The third-order valence-electron chi connectivity index (χ3n) is 1.72. The lowest BCUT2D eigenvalue weighted by atomic mass is 10.2. The predicted molar refractivity (Wildman–Crippen MR) is 57.7 cm³/mol. The normalized spacial score (nSPS) is 9.93. The van der Waals surface area contributed by atoms with Crippen LogP contribution in [0.15, 0.2) is 22.7 Å². The average Bonchev–Trinajstić information content (AvgIpc) is 2.66. The largest absolute Gasteiger partial charge is 0.325 e. The van der Waals surface area contributed by atoms with E-state index < -0.39 is 0 Å². The zero-order valence-electron chi connectivity index (χ0n) is 7.37. The molecule has 2 aromatic rings. The lowest BCUT2D eigenvalue weighted by Gasteiger charge is -1.98. The van der Waals surface area contributed by atoms with E-state index in [2.05, 4.69) is 16.1 Å². The van der Waals surface area contributed by atoms with Crippen molar-refractivity contribution in [1.82, 2.24) is 10.1 Å². The van der Waals surface area contributed by atoms with Crippen LogP contribution in [-0.4, -0.2) is 10.1 Å². The number of hydrogen-bond acceptors (Lipinski definition) is 3. The first-order valence-corrected chi connectivity index (χ1v) is 4.72. The van der Waals surface area contributed by atoms with Crippen molar-refractivity contribution in [3.63, 3.8) is 0 Å². The number of halogens is 2. The summed E-state index contributed by atoms with van der Waals surface area (Å²) in [6.45, 7) is 0. The standard InChI is InChI=1S/C10H4Cl2N2O/c1-2-9-13-10(14-15-9)7-4-3-6(11)5-8(7)12/h1,3-5H. The fraction of sp³-hybridized carbons (Fsp3) is 0. The fourth-order valence-electron chi connectivity index (χ4n) is 1.06. The maximum atomic E-state index is 5.96. The average molecular weight is 239 g/mol. The fourth-order valence-corrected chi connectivity index (χ4v) is 1.56. The Morgan fingerprint density at radius 1 is 1.33 bits per heavy atom. The van der Waals surface area contributed by atoms with E-state index >= 15 is 0 Å². The van der Waals surface area contributed by atoms with Crippen LogP contribution < -0.4 is 0 Å². The molecule has 15 heavy (non-hydrogen) atoms. The molecule has 0 fully saturated rings. The molecule has 0 spiro atoms. The van der Waals surface area contributed by atoms with Crippen molar-refractivity contribution >= 4 is 23.2 Å². The van der Waals surface area contributed by atoms with Crippen LogP contribution in [0.3, 0.4) is 0 Å². The van der Waals surface area contributed by atoms with Gasteiger partial charge in [0.05, 0.1) is 5.02 Å². The first kappa shape index (κ1) is 10.0. The van der Waals surface area contributed by atoms with Gasteiger partial charge in [0.15, 0.2) is 0 Å². The zero-order valence-corrected chi connectivity index (χ0v) is 8.88. The van der Waals surface area contributed by atoms with Gasteiger partial charge >= 0.3 is 5.89 Å². The first-order valence-electron chi connectivity index (χ1n) is 3.96.